The molecule has 2 nitrogen and oxygen atoms in total. The quantitative estimate of drug-likeness (QED) is 0.469. The fraction of sp³-hybridized carbons (Fsp3) is 0.409. The number of rotatable bonds is 6. The summed E-state index contributed by atoms with van der Waals surface area (Å²) in [7, 11) is 0. The van der Waals surface area contributed by atoms with E-state index in [9.17, 15) is 4.79 Å². The van der Waals surface area contributed by atoms with Crippen LogP contribution in [0.1, 0.15) is 53.9 Å². The van der Waals surface area contributed by atoms with Crippen LogP contribution >= 0.6 is 0 Å². The Labute approximate surface area is 146 Å². The zero-order chi connectivity index (χ0) is 18.2. The predicted octanol–water partition coefficient (Wildman–Crippen LogP) is 6.16. The molecular weight excluding hydrogens is 296 g/mol. The minimum atomic E-state index is -0.931. The topological polar surface area (TPSA) is 37.3 Å². The summed E-state index contributed by atoms with van der Waals surface area (Å²) in [5.74, 6) is -0.931. The van der Waals surface area contributed by atoms with Gasteiger partial charge in [-0.3, -0.25) is 0 Å². The second kappa shape index (κ2) is 9.27. The summed E-state index contributed by atoms with van der Waals surface area (Å²) < 4.78 is 0. The van der Waals surface area contributed by atoms with Crippen molar-refractivity contribution in [2.45, 2.75) is 53.9 Å². The van der Waals surface area contributed by atoms with Crippen LogP contribution in [0.4, 0.5) is 0 Å². The van der Waals surface area contributed by atoms with Crippen molar-refractivity contribution in [1.29, 1.82) is 0 Å². The van der Waals surface area contributed by atoms with E-state index in [2.05, 4.69) is 45.9 Å². The lowest BCUT2D eigenvalue weighted by Gasteiger charge is -2.32. The van der Waals surface area contributed by atoms with E-state index in [1.54, 1.807) is 12.2 Å². The fourth-order valence-corrected chi connectivity index (χ4v) is 2.97. The number of hydrogen-bond acceptors (Lipinski definition) is 1. The molecule has 0 aromatic heterocycles. The number of carboxylic acids is 1. The molecule has 0 fully saturated rings. The van der Waals surface area contributed by atoms with Gasteiger partial charge in [0, 0.05) is 6.08 Å². The van der Waals surface area contributed by atoms with Crippen molar-refractivity contribution in [3.05, 3.63) is 70.9 Å². The van der Waals surface area contributed by atoms with Gasteiger partial charge in [0.1, 0.15) is 0 Å². The van der Waals surface area contributed by atoms with Gasteiger partial charge < -0.3 is 5.11 Å². The highest BCUT2D eigenvalue weighted by Gasteiger charge is 2.26. The van der Waals surface area contributed by atoms with Crippen LogP contribution in [0, 0.1) is 5.41 Å². The molecule has 1 aliphatic carbocycles. The van der Waals surface area contributed by atoms with Crippen molar-refractivity contribution in [3.8, 4) is 0 Å². The molecule has 130 valence electrons. The Kier molecular flexibility index (Phi) is 7.70. The van der Waals surface area contributed by atoms with E-state index < -0.39 is 5.97 Å². The normalized spacial score (nSPS) is 19.9. The van der Waals surface area contributed by atoms with Crippen LogP contribution in [0.5, 0.6) is 0 Å². The van der Waals surface area contributed by atoms with Crippen molar-refractivity contribution < 1.29 is 9.90 Å². The Bertz CT molecular complexity index is 635. The van der Waals surface area contributed by atoms with Crippen molar-refractivity contribution in [1.82, 2.24) is 0 Å². The molecule has 1 aliphatic rings. The average molecular weight is 326 g/mol. The lowest BCUT2D eigenvalue weighted by molar-refractivity contribution is -0.131. The van der Waals surface area contributed by atoms with Gasteiger partial charge in [-0.15, -0.1) is 0 Å². The molecule has 0 amide bonds. The third kappa shape index (κ3) is 6.99. The predicted molar refractivity (Wildman–Crippen MR) is 103 cm³/mol. The lowest BCUT2D eigenvalue weighted by Crippen LogP contribution is -2.19. The standard InChI is InChI=1S/C22H30O2/c1-17(11-7-13-21(23)24)9-6-10-18(2)14-15-20-19(3)12-8-16-22(20,4)5/h6-7,9-11,13-15H,8,12,16H2,1-5H3,(H,23,24)/b9-6+,13-7+,15-14+,17-11+,18-10+. The highest BCUT2D eigenvalue weighted by atomic mass is 16.4. The molecule has 0 aromatic carbocycles. The molecule has 0 atom stereocenters. The van der Waals surface area contributed by atoms with E-state index >= 15 is 0 Å². The van der Waals surface area contributed by atoms with Crippen molar-refractivity contribution in [2.75, 3.05) is 0 Å². The van der Waals surface area contributed by atoms with E-state index in [0.717, 1.165) is 11.6 Å². The largest absolute Gasteiger partial charge is 0.478 e. The molecule has 0 saturated carbocycles. The number of carboxylic acid groups (broad SMARTS) is 1. The van der Waals surface area contributed by atoms with E-state index in [0.29, 0.717) is 0 Å². The molecule has 0 saturated heterocycles. The van der Waals surface area contributed by atoms with Crippen LogP contribution in [0.15, 0.2) is 70.9 Å². The maximum Gasteiger partial charge on any atom is 0.328 e. The first kappa shape index (κ1) is 20.0. The van der Waals surface area contributed by atoms with Gasteiger partial charge in [0.2, 0.25) is 0 Å². The van der Waals surface area contributed by atoms with Crippen LogP contribution in [0.3, 0.4) is 0 Å². The SMILES string of the molecule is CC1=C(/C=C/C(C)=C/C=C/C(C)=C/C=C/C(=O)O)C(C)(C)CCC1. The molecular formula is C22H30O2. The summed E-state index contributed by atoms with van der Waals surface area (Å²) in [6, 6.07) is 0. The monoisotopic (exact) mass is 326 g/mol. The zero-order valence-corrected chi connectivity index (χ0v) is 15.6. The molecule has 0 aromatic rings. The highest BCUT2D eigenvalue weighted by Crippen LogP contribution is 2.40. The maximum absolute atomic E-state index is 10.4. The number of allylic oxidation sites excluding steroid dienone is 11. The van der Waals surface area contributed by atoms with E-state index in [1.807, 2.05) is 19.1 Å². The zero-order valence-electron chi connectivity index (χ0n) is 15.6. The number of aliphatic carboxylic acids is 1. The second-order valence-electron chi connectivity index (χ2n) is 7.14. The van der Waals surface area contributed by atoms with Crippen LogP contribution in [0.25, 0.3) is 0 Å². The second-order valence-corrected chi connectivity index (χ2v) is 7.14. The summed E-state index contributed by atoms with van der Waals surface area (Å²) in [5.41, 5.74) is 5.45. The summed E-state index contributed by atoms with van der Waals surface area (Å²) in [4.78, 5) is 10.4. The molecule has 0 aliphatic heterocycles. The molecule has 2 heteroatoms. The van der Waals surface area contributed by atoms with Crippen molar-refractivity contribution in [2.24, 2.45) is 5.41 Å². The lowest BCUT2D eigenvalue weighted by atomic mass is 9.72. The molecule has 0 heterocycles. The molecule has 1 rings (SSSR count). The number of hydrogen-bond donors (Lipinski definition) is 1. The van der Waals surface area contributed by atoms with Gasteiger partial charge in [-0.05, 0) is 51.0 Å². The van der Waals surface area contributed by atoms with E-state index in [1.165, 1.54) is 36.0 Å². The van der Waals surface area contributed by atoms with Crippen LogP contribution in [-0.4, -0.2) is 11.1 Å². The first-order valence-electron chi connectivity index (χ1n) is 8.53. The summed E-state index contributed by atoms with van der Waals surface area (Å²) in [6.45, 7) is 10.9. The molecule has 1 N–H and O–H groups in total. The molecule has 0 spiro atoms. The highest BCUT2D eigenvalue weighted by molar-refractivity contribution is 5.80. The Hall–Kier alpha value is -2.09. The van der Waals surface area contributed by atoms with Gasteiger partial charge in [-0.25, -0.2) is 4.79 Å². The Morgan fingerprint density at radius 1 is 1.04 bits per heavy atom. The summed E-state index contributed by atoms with van der Waals surface area (Å²) in [6.07, 6.45) is 18.7. The molecule has 0 unspecified atom stereocenters. The maximum atomic E-state index is 10.4. The number of carbonyl (C=O) groups is 1. The molecule has 0 radical (unpaired) electrons. The Morgan fingerprint density at radius 2 is 1.62 bits per heavy atom. The Morgan fingerprint density at radius 3 is 2.21 bits per heavy atom. The van der Waals surface area contributed by atoms with Crippen LogP contribution in [-0.2, 0) is 4.79 Å². The van der Waals surface area contributed by atoms with Gasteiger partial charge >= 0.3 is 5.97 Å². The van der Waals surface area contributed by atoms with E-state index in [-0.39, 0.29) is 5.41 Å². The van der Waals surface area contributed by atoms with Gasteiger partial charge in [0.25, 0.3) is 0 Å². The summed E-state index contributed by atoms with van der Waals surface area (Å²) >= 11 is 0. The minimum absolute atomic E-state index is 0.269. The first-order valence-corrected chi connectivity index (χ1v) is 8.53. The van der Waals surface area contributed by atoms with Crippen LogP contribution < -0.4 is 0 Å². The van der Waals surface area contributed by atoms with Crippen molar-refractivity contribution >= 4 is 5.97 Å². The van der Waals surface area contributed by atoms with Crippen LogP contribution in [0.2, 0.25) is 0 Å². The smallest absolute Gasteiger partial charge is 0.328 e. The van der Waals surface area contributed by atoms with Gasteiger partial charge in [-0.2, -0.15) is 0 Å². The van der Waals surface area contributed by atoms with Gasteiger partial charge in [0.05, 0.1) is 0 Å². The van der Waals surface area contributed by atoms with Gasteiger partial charge in [0.15, 0.2) is 0 Å². The van der Waals surface area contributed by atoms with E-state index in [4.69, 9.17) is 5.11 Å². The average Bonchev–Trinajstić information content (AvgIpc) is 2.45. The molecule has 0 bridgehead atoms. The first-order chi connectivity index (χ1) is 11.2. The third-order valence-electron chi connectivity index (χ3n) is 4.37. The van der Waals surface area contributed by atoms with Gasteiger partial charge in [-0.1, -0.05) is 73.1 Å². The van der Waals surface area contributed by atoms with Crippen molar-refractivity contribution in [3.63, 3.8) is 0 Å². The fourth-order valence-electron chi connectivity index (χ4n) is 2.97. The minimum Gasteiger partial charge on any atom is -0.478 e. The summed E-state index contributed by atoms with van der Waals surface area (Å²) in [5, 5.41) is 8.54. The molecule has 24 heavy (non-hydrogen) atoms. The Balaban J connectivity index is 2.73. The third-order valence-corrected chi connectivity index (χ3v) is 4.37.